The lowest BCUT2D eigenvalue weighted by Gasteiger charge is -2.31. The summed E-state index contributed by atoms with van der Waals surface area (Å²) in [5, 5.41) is 13.3. The quantitative estimate of drug-likeness (QED) is 0.822. The third-order valence-corrected chi connectivity index (χ3v) is 4.09. The van der Waals surface area contributed by atoms with Crippen molar-refractivity contribution in [3.63, 3.8) is 0 Å². The van der Waals surface area contributed by atoms with Crippen molar-refractivity contribution in [1.29, 1.82) is 0 Å². The third kappa shape index (κ3) is 3.77. The number of benzene rings is 2. The second kappa shape index (κ2) is 6.96. The topological polar surface area (TPSA) is 41.5 Å². The number of aliphatic hydroxyl groups excluding tert-OH is 1. The van der Waals surface area contributed by atoms with Gasteiger partial charge in [-0.15, -0.1) is 0 Å². The molecule has 1 unspecified atom stereocenters. The van der Waals surface area contributed by atoms with Crippen LogP contribution in [0.2, 0.25) is 0 Å². The molecule has 112 valence electrons. The van der Waals surface area contributed by atoms with Crippen LogP contribution in [0.3, 0.4) is 0 Å². The molecule has 0 amide bonds. The number of ether oxygens (including phenoxy) is 1. The third-order valence-electron chi connectivity index (χ3n) is 3.40. The first-order chi connectivity index (χ1) is 10.1. The highest BCUT2D eigenvalue weighted by atomic mass is 79.9. The summed E-state index contributed by atoms with van der Waals surface area (Å²) in [7, 11) is 0. The molecular weight excluding hydrogens is 330 g/mol. The van der Waals surface area contributed by atoms with Crippen molar-refractivity contribution in [2.45, 2.75) is 19.4 Å². The van der Waals surface area contributed by atoms with Crippen molar-refractivity contribution in [3.05, 3.63) is 58.6 Å². The molecule has 0 spiro atoms. The minimum Gasteiger partial charge on any atom is -0.494 e. The minimum atomic E-state index is -0.561. The molecule has 3 nitrogen and oxygen atoms in total. The van der Waals surface area contributed by atoms with Crippen molar-refractivity contribution in [2.75, 3.05) is 18.5 Å². The number of anilines is 1. The molecule has 0 bridgehead atoms. The van der Waals surface area contributed by atoms with Crippen LogP contribution in [-0.2, 0) is 5.54 Å². The molecule has 4 heteroatoms. The summed E-state index contributed by atoms with van der Waals surface area (Å²) in [6.07, 6.45) is 0. The van der Waals surface area contributed by atoms with E-state index < -0.39 is 5.54 Å². The Kier molecular flexibility index (Phi) is 5.26. The Labute approximate surface area is 134 Å². The molecule has 0 fully saturated rings. The first-order valence-electron chi connectivity index (χ1n) is 6.96. The summed E-state index contributed by atoms with van der Waals surface area (Å²) in [4.78, 5) is 0. The van der Waals surface area contributed by atoms with Crippen LogP contribution >= 0.6 is 15.9 Å². The van der Waals surface area contributed by atoms with Crippen molar-refractivity contribution in [3.8, 4) is 5.75 Å². The molecule has 1 atom stereocenters. The molecule has 0 aliphatic rings. The molecule has 0 saturated carbocycles. The van der Waals surface area contributed by atoms with E-state index in [2.05, 4.69) is 21.2 Å². The summed E-state index contributed by atoms with van der Waals surface area (Å²) < 4.78 is 6.42. The average Bonchev–Trinajstić information content (AvgIpc) is 2.50. The van der Waals surface area contributed by atoms with Crippen LogP contribution in [0.1, 0.15) is 19.4 Å². The number of aliphatic hydroxyl groups is 1. The second-order valence-corrected chi connectivity index (χ2v) is 5.91. The lowest BCUT2D eigenvalue weighted by atomic mass is 9.92. The highest BCUT2D eigenvalue weighted by Crippen LogP contribution is 2.31. The Morgan fingerprint density at radius 1 is 1.14 bits per heavy atom. The van der Waals surface area contributed by atoms with Gasteiger partial charge in [0.25, 0.3) is 0 Å². The largest absolute Gasteiger partial charge is 0.494 e. The number of hydrogen-bond acceptors (Lipinski definition) is 3. The van der Waals surface area contributed by atoms with E-state index in [0.29, 0.717) is 6.61 Å². The van der Waals surface area contributed by atoms with Crippen LogP contribution in [0.5, 0.6) is 5.75 Å². The molecular formula is C17H20BrNO2. The van der Waals surface area contributed by atoms with E-state index >= 15 is 0 Å². The molecule has 0 aromatic heterocycles. The van der Waals surface area contributed by atoms with E-state index in [1.807, 2.05) is 62.4 Å². The fraction of sp³-hybridized carbons (Fsp3) is 0.294. The van der Waals surface area contributed by atoms with Gasteiger partial charge in [-0.2, -0.15) is 0 Å². The molecule has 0 aliphatic carbocycles. The van der Waals surface area contributed by atoms with Gasteiger partial charge in [0, 0.05) is 10.2 Å². The first kappa shape index (κ1) is 15.9. The van der Waals surface area contributed by atoms with Gasteiger partial charge >= 0.3 is 0 Å². The van der Waals surface area contributed by atoms with Crippen molar-refractivity contribution >= 4 is 21.6 Å². The molecule has 21 heavy (non-hydrogen) atoms. The van der Waals surface area contributed by atoms with Crippen molar-refractivity contribution < 1.29 is 9.84 Å². The Morgan fingerprint density at radius 3 is 2.38 bits per heavy atom. The second-order valence-electron chi connectivity index (χ2n) is 5.05. The zero-order valence-electron chi connectivity index (χ0n) is 12.3. The Hall–Kier alpha value is -1.52. The maximum absolute atomic E-state index is 9.85. The monoisotopic (exact) mass is 349 g/mol. The molecule has 2 N–H and O–H groups in total. The molecule has 2 aromatic carbocycles. The van der Waals surface area contributed by atoms with Crippen LogP contribution in [0.15, 0.2) is 53.0 Å². The van der Waals surface area contributed by atoms with Gasteiger partial charge in [0.05, 0.1) is 18.8 Å². The standard InChI is InChI=1S/C17H20BrNO2/c1-3-21-14-10-8-13(9-11-14)17(2,12-20)19-16-7-5-4-6-15(16)18/h4-11,19-20H,3,12H2,1-2H3. The van der Waals surface area contributed by atoms with Crippen molar-refractivity contribution in [2.24, 2.45) is 0 Å². The summed E-state index contributed by atoms with van der Waals surface area (Å²) in [5.74, 6) is 0.836. The van der Waals surface area contributed by atoms with Gasteiger partial charge < -0.3 is 15.2 Å². The van der Waals surface area contributed by atoms with E-state index in [9.17, 15) is 5.11 Å². The number of rotatable bonds is 6. The van der Waals surface area contributed by atoms with E-state index in [0.717, 1.165) is 21.5 Å². The number of halogens is 1. The maximum Gasteiger partial charge on any atom is 0.119 e. The number of nitrogens with one attached hydrogen (secondary N) is 1. The van der Waals surface area contributed by atoms with E-state index in [1.165, 1.54) is 0 Å². The fourth-order valence-corrected chi connectivity index (χ4v) is 2.53. The lowest BCUT2D eigenvalue weighted by molar-refractivity contribution is 0.224. The van der Waals surface area contributed by atoms with Gasteiger partial charge in [-0.05, 0) is 59.6 Å². The summed E-state index contributed by atoms with van der Waals surface area (Å²) in [6, 6.07) is 15.7. The molecule has 2 rings (SSSR count). The predicted molar refractivity (Wildman–Crippen MR) is 89.8 cm³/mol. The van der Waals surface area contributed by atoms with E-state index in [-0.39, 0.29) is 6.61 Å². The average molecular weight is 350 g/mol. The lowest BCUT2D eigenvalue weighted by Crippen LogP contribution is -2.35. The fourth-order valence-electron chi connectivity index (χ4n) is 2.15. The van der Waals surface area contributed by atoms with Crippen molar-refractivity contribution in [1.82, 2.24) is 0 Å². The minimum absolute atomic E-state index is 0.0116. The van der Waals surface area contributed by atoms with Gasteiger partial charge in [-0.25, -0.2) is 0 Å². The molecule has 0 heterocycles. The van der Waals surface area contributed by atoms with Gasteiger partial charge in [-0.3, -0.25) is 0 Å². The smallest absolute Gasteiger partial charge is 0.119 e. The summed E-state index contributed by atoms with van der Waals surface area (Å²) >= 11 is 3.52. The van der Waals surface area contributed by atoms with Crippen LogP contribution < -0.4 is 10.1 Å². The van der Waals surface area contributed by atoms with Gasteiger partial charge in [0.15, 0.2) is 0 Å². The molecule has 0 aliphatic heterocycles. The van der Waals surface area contributed by atoms with Crippen LogP contribution in [0.25, 0.3) is 0 Å². The highest BCUT2D eigenvalue weighted by Gasteiger charge is 2.26. The number of hydrogen-bond donors (Lipinski definition) is 2. The van der Waals surface area contributed by atoms with E-state index in [4.69, 9.17) is 4.74 Å². The van der Waals surface area contributed by atoms with Gasteiger partial charge in [0.2, 0.25) is 0 Å². The number of para-hydroxylation sites is 1. The van der Waals surface area contributed by atoms with Gasteiger partial charge in [0.1, 0.15) is 5.75 Å². The van der Waals surface area contributed by atoms with E-state index in [1.54, 1.807) is 0 Å². The SMILES string of the molecule is CCOc1ccc(C(C)(CO)Nc2ccccc2Br)cc1. The Bertz CT molecular complexity index is 586. The summed E-state index contributed by atoms with van der Waals surface area (Å²) in [6.45, 7) is 4.57. The molecule has 0 radical (unpaired) electrons. The maximum atomic E-state index is 9.85. The zero-order valence-corrected chi connectivity index (χ0v) is 13.9. The normalized spacial score (nSPS) is 13.5. The Balaban J connectivity index is 2.26. The van der Waals surface area contributed by atoms with Gasteiger partial charge in [-0.1, -0.05) is 24.3 Å². The highest BCUT2D eigenvalue weighted by molar-refractivity contribution is 9.10. The Morgan fingerprint density at radius 2 is 1.81 bits per heavy atom. The van der Waals surface area contributed by atoms with Crippen LogP contribution in [-0.4, -0.2) is 18.3 Å². The molecule has 2 aromatic rings. The molecule has 0 saturated heterocycles. The summed E-state index contributed by atoms with van der Waals surface area (Å²) in [5.41, 5.74) is 1.39. The first-order valence-corrected chi connectivity index (χ1v) is 7.75. The van der Waals surface area contributed by atoms with Crippen LogP contribution in [0.4, 0.5) is 5.69 Å². The van der Waals surface area contributed by atoms with Crippen LogP contribution in [0, 0.1) is 0 Å². The predicted octanol–water partition coefficient (Wildman–Crippen LogP) is 4.17. The zero-order chi connectivity index (χ0) is 15.3.